The molecule has 0 atom stereocenters. The number of carbonyl (C=O) groups excluding carboxylic acids is 1. The number of nitrogens with zero attached hydrogens (tertiary/aromatic N) is 1. The van der Waals surface area contributed by atoms with Gasteiger partial charge in [0.05, 0.1) is 0 Å². The molecule has 3 aromatic carbocycles. The Balaban J connectivity index is 1.45. The molecule has 5 heteroatoms. The zero-order valence-corrected chi connectivity index (χ0v) is 16.5. The Morgan fingerprint density at radius 3 is 2.52 bits per heavy atom. The van der Waals surface area contributed by atoms with Crippen LogP contribution in [0.3, 0.4) is 0 Å². The Hall–Kier alpha value is -3.37. The first-order valence-electron chi connectivity index (χ1n) is 9.14. The molecule has 144 valence electrons. The molecular formula is C24H18ClNO3. The lowest BCUT2D eigenvalue weighted by atomic mass is 10.1. The minimum Gasteiger partial charge on any atom is -0.489 e. The molecule has 1 aliphatic heterocycles. The van der Waals surface area contributed by atoms with Crippen molar-refractivity contribution in [3.05, 3.63) is 106 Å². The van der Waals surface area contributed by atoms with E-state index in [1.807, 2.05) is 24.3 Å². The van der Waals surface area contributed by atoms with E-state index in [2.05, 4.69) is 36.2 Å². The molecule has 4 rings (SSSR count). The van der Waals surface area contributed by atoms with E-state index in [9.17, 15) is 4.79 Å². The third-order valence-electron chi connectivity index (χ3n) is 4.40. The highest BCUT2D eigenvalue weighted by atomic mass is 35.5. The fourth-order valence-electron chi connectivity index (χ4n) is 2.82. The molecule has 4 nitrogen and oxygen atoms in total. The number of rotatable bonds is 5. The van der Waals surface area contributed by atoms with Crippen LogP contribution < -0.4 is 4.74 Å². The largest absolute Gasteiger partial charge is 0.489 e. The summed E-state index contributed by atoms with van der Waals surface area (Å²) in [6.45, 7) is 2.56. The van der Waals surface area contributed by atoms with E-state index in [4.69, 9.17) is 21.1 Å². The van der Waals surface area contributed by atoms with Crippen LogP contribution in [-0.2, 0) is 16.1 Å². The van der Waals surface area contributed by atoms with Crippen LogP contribution in [0.15, 0.2) is 83.5 Å². The molecule has 3 aromatic rings. The van der Waals surface area contributed by atoms with Crippen molar-refractivity contribution in [3.63, 3.8) is 0 Å². The van der Waals surface area contributed by atoms with Gasteiger partial charge in [-0.15, -0.1) is 0 Å². The summed E-state index contributed by atoms with van der Waals surface area (Å²) in [5.41, 5.74) is 4.06. The monoisotopic (exact) mass is 403 g/mol. The molecule has 0 saturated carbocycles. The molecule has 1 heterocycles. The first kappa shape index (κ1) is 19.0. The molecule has 0 radical (unpaired) electrons. The fraction of sp³-hybridized carbons (Fsp3) is 0.0833. The molecule has 0 aromatic heterocycles. The predicted octanol–water partition coefficient (Wildman–Crippen LogP) is 5.57. The van der Waals surface area contributed by atoms with Gasteiger partial charge >= 0.3 is 5.97 Å². The molecular weight excluding hydrogens is 386 g/mol. The number of ether oxygens (including phenoxy) is 2. The number of hydrogen-bond acceptors (Lipinski definition) is 4. The lowest BCUT2D eigenvalue weighted by molar-refractivity contribution is -0.129. The smallest absolute Gasteiger partial charge is 0.363 e. The van der Waals surface area contributed by atoms with Crippen LogP contribution in [0.1, 0.15) is 22.3 Å². The van der Waals surface area contributed by atoms with Gasteiger partial charge in [0.25, 0.3) is 0 Å². The number of halogens is 1. The highest BCUT2D eigenvalue weighted by molar-refractivity contribution is 6.31. The van der Waals surface area contributed by atoms with Gasteiger partial charge in [-0.1, -0.05) is 59.6 Å². The van der Waals surface area contributed by atoms with Gasteiger partial charge in [0.1, 0.15) is 12.4 Å². The molecule has 0 amide bonds. The number of aryl methyl sites for hydroxylation is 1. The summed E-state index contributed by atoms with van der Waals surface area (Å²) in [5, 5.41) is 0.555. The summed E-state index contributed by atoms with van der Waals surface area (Å²) < 4.78 is 11.1. The second-order valence-electron chi connectivity index (χ2n) is 6.69. The maximum absolute atomic E-state index is 12.1. The summed E-state index contributed by atoms with van der Waals surface area (Å²) in [7, 11) is 0. The van der Waals surface area contributed by atoms with Crippen molar-refractivity contribution in [1.29, 1.82) is 0 Å². The van der Waals surface area contributed by atoms with Crippen molar-refractivity contribution in [2.75, 3.05) is 0 Å². The van der Waals surface area contributed by atoms with Crippen LogP contribution in [0, 0.1) is 6.92 Å². The van der Waals surface area contributed by atoms with E-state index in [1.165, 1.54) is 5.56 Å². The van der Waals surface area contributed by atoms with Crippen molar-refractivity contribution < 1.29 is 14.3 Å². The quantitative estimate of drug-likeness (QED) is 0.413. The first-order chi connectivity index (χ1) is 14.1. The lowest BCUT2D eigenvalue weighted by Gasteiger charge is -2.07. The van der Waals surface area contributed by atoms with Crippen molar-refractivity contribution in [2.45, 2.75) is 13.5 Å². The summed E-state index contributed by atoms with van der Waals surface area (Å²) in [5.74, 6) is 0.520. The van der Waals surface area contributed by atoms with Gasteiger partial charge in [0.2, 0.25) is 5.90 Å². The van der Waals surface area contributed by atoms with Gasteiger partial charge in [0.15, 0.2) is 5.70 Å². The summed E-state index contributed by atoms with van der Waals surface area (Å²) in [6, 6.07) is 22.7. The van der Waals surface area contributed by atoms with E-state index in [0.717, 1.165) is 16.9 Å². The second kappa shape index (κ2) is 8.33. The third-order valence-corrected chi connectivity index (χ3v) is 4.64. The summed E-state index contributed by atoms with van der Waals surface area (Å²) in [4.78, 5) is 16.4. The first-order valence-corrected chi connectivity index (χ1v) is 9.51. The van der Waals surface area contributed by atoms with Gasteiger partial charge in [0, 0.05) is 10.6 Å². The van der Waals surface area contributed by atoms with E-state index >= 15 is 0 Å². The number of hydrogen-bond donors (Lipinski definition) is 0. The minimum atomic E-state index is -0.486. The average molecular weight is 404 g/mol. The maximum atomic E-state index is 12.1. The van der Waals surface area contributed by atoms with Crippen molar-refractivity contribution in [3.8, 4) is 5.75 Å². The Labute approximate surface area is 174 Å². The number of benzene rings is 3. The van der Waals surface area contributed by atoms with Gasteiger partial charge in [-0.25, -0.2) is 9.79 Å². The topological polar surface area (TPSA) is 47.9 Å². The number of carbonyl (C=O) groups is 1. The summed E-state index contributed by atoms with van der Waals surface area (Å²) >= 11 is 5.99. The highest BCUT2D eigenvalue weighted by Crippen LogP contribution is 2.22. The molecule has 0 saturated heterocycles. The predicted molar refractivity (Wildman–Crippen MR) is 114 cm³/mol. The van der Waals surface area contributed by atoms with E-state index < -0.39 is 5.97 Å². The molecule has 0 spiro atoms. The minimum absolute atomic E-state index is 0.244. The van der Waals surface area contributed by atoms with Crippen LogP contribution in [0.25, 0.3) is 6.08 Å². The molecule has 29 heavy (non-hydrogen) atoms. The fourth-order valence-corrected chi connectivity index (χ4v) is 3.01. The number of aliphatic imine (C=N–C) groups is 1. The normalized spacial score (nSPS) is 14.6. The standard InChI is InChI=1S/C24H18ClNO3/c1-16-5-7-18(8-6-16)15-28-21-11-9-17(10-12-21)13-22-24(27)29-23(26-22)19-3-2-4-20(25)14-19/h2-14H,15H2,1H3/b22-13-. The van der Waals surface area contributed by atoms with E-state index in [0.29, 0.717) is 17.2 Å². The van der Waals surface area contributed by atoms with Crippen molar-refractivity contribution in [2.24, 2.45) is 4.99 Å². The molecule has 0 unspecified atom stereocenters. The highest BCUT2D eigenvalue weighted by Gasteiger charge is 2.24. The third kappa shape index (κ3) is 4.73. The van der Waals surface area contributed by atoms with Gasteiger partial charge < -0.3 is 9.47 Å². The Bertz CT molecular complexity index is 1100. The zero-order chi connectivity index (χ0) is 20.2. The molecule has 0 N–H and O–H groups in total. The molecule has 0 bridgehead atoms. The lowest BCUT2D eigenvalue weighted by Crippen LogP contribution is -2.05. The SMILES string of the molecule is Cc1ccc(COc2ccc(/C=C3\N=C(c4cccc(Cl)c4)OC3=O)cc2)cc1. The van der Waals surface area contributed by atoms with Crippen LogP contribution in [0.2, 0.25) is 5.02 Å². The maximum Gasteiger partial charge on any atom is 0.363 e. The average Bonchev–Trinajstić information content (AvgIpc) is 3.09. The number of cyclic esters (lactones) is 1. The Kier molecular flexibility index (Phi) is 5.45. The van der Waals surface area contributed by atoms with E-state index in [1.54, 1.807) is 30.3 Å². The van der Waals surface area contributed by atoms with Crippen LogP contribution >= 0.6 is 11.6 Å². The van der Waals surface area contributed by atoms with Gasteiger partial charge in [-0.2, -0.15) is 0 Å². The zero-order valence-electron chi connectivity index (χ0n) is 15.8. The molecule has 0 fully saturated rings. The van der Waals surface area contributed by atoms with Crippen LogP contribution in [-0.4, -0.2) is 11.9 Å². The molecule has 0 aliphatic carbocycles. The Morgan fingerprint density at radius 2 is 1.79 bits per heavy atom. The van der Waals surface area contributed by atoms with Crippen LogP contribution in [0.5, 0.6) is 5.75 Å². The van der Waals surface area contributed by atoms with Gasteiger partial charge in [-0.05, 0) is 54.5 Å². The Morgan fingerprint density at radius 1 is 1.03 bits per heavy atom. The summed E-state index contributed by atoms with van der Waals surface area (Å²) in [6.07, 6.45) is 1.68. The van der Waals surface area contributed by atoms with Crippen molar-refractivity contribution >= 4 is 29.5 Å². The second-order valence-corrected chi connectivity index (χ2v) is 7.13. The van der Waals surface area contributed by atoms with Gasteiger partial charge in [-0.3, -0.25) is 0 Å². The van der Waals surface area contributed by atoms with E-state index in [-0.39, 0.29) is 11.6 Å². The number of esters is 1. The molecule has 1 aliphatic rings. The van der Waals surface area contributed by atoms with Crippen molar-refractivity contribution in [1.82, 2.24) is 0 Å². The van der Waals surface area contributed by atoms with Crippen LogP contribution in [0.4, 0.5) is 0 Å².